The van der Waals surface area contributed by atoms with E-state index in [0.29, 0.717) is 0 Å². The normalized spacial score (nSPS) is 12.6. The number of rotatable bonds is 4. The number of hydrogen-bond acceptors (Lipinski definition) is 2. The van der Waals surface area contributed by atoms with Gasteiger partial charge in [0, 0.05) is 4.47 Å². The van der Waals surface area contributed by atoms with Gasteiger partial charge in [-0.05, 0) is 36.4 Å². The first kappa shape index (κ1) is 11.4. The second kappa shape index (κ2) is 5.32. The van der Waals surface area contributed by atoms with Gasteiger partial charge in [-0.3, -0.25) is 0 Å². The zero-order valence-corrected chi connectivity index (χ0v) is 10.7. The molecular weight excluding hydrogens is 266 g/mol. The summed E-state index contributed by atoms with van der Waals surface area (Å²) in [5.74, 6) is 0.944. The van der Waals surface area contributed by atoms with Gasteiger partial charge in [-0.1, -0.05) is 35.0 Å². The maximum atomic E-state index is 5.46. The summed E-state index contributed by atoms with van der Waals surface area (Å²) in [6.45, 7) is 2.99. The minimum Gasteiger partial charge on any atom is -0.467 e. The minimum absolute atomic E-state index is 0.123. The Kier molecular flexibility index (Phi) is 3.80. The molecule has 0 aliphatic heterocycles. The fourth-order valence-corrected chi connectivity index (χ4v) is 2.15. The highest BCUT2D eigenvalue weighted by Crippen LogP contribution is 2.24. The van der Waals surface area contributed by atoms with Crippen LogP contribution in [0.2, 0.25) is 0 Å². The van der Waals surface area contributed by atoms with Gasteiger partial charge in [0.05, 0.1) is 12.3 Å². The molecule has 0 aliphatic carbocycles. The smallest absolute Gasteiger partial charge is 0.125 e. The summed E-state index contributed by atoms with van der Waals surface area (Å²) in [4.78, 5) is 0. The van der Waals surface area contributed by atoms with E-state index in [-0.39, 0.29) is 6.04 Å². The first-order valence-electron chi connectivity index (χ1n) is 5.33. The molecule has 0 saturated carbocycles. The van der Waals surface area contributed by atoms with Gasteiger partial charge in [0.25, 0.3) is 0 Å². The number of furan rings is 1. The van der Waals surface area contributed by atoms with E-state index >= 15 is 0 Å². The van der Waals surface area contributed by atoms with E-state index in [9.17, 15) is 0 Å². The molecule has 0 saturated heterocycles. The van der Waals surface area contributed by atoms with Crippen LogP contribution in [-0.4, -0.2) is 6.54 Å². The van der Waals surface area contributed by atoms with Crippen molar-refractivity contribution in [3.8, 4) is 0 Å². The topological polar surface area (TPSA) is 25.2 Å². The second-order valence-corrected chi connectivity index (χ2v) is 4.48. The third-order valence-corrected chi connectivity index (χ3v) is 2.91. The van der Waals surface area contributed by atoms with Crippen molar-refractivity contribution in [2.75, 3.05) is 6.54 Å². The Morgan fingerprint density at radius 2 is 2.19 bits per heavy atom. The van der Waals surface area contributed by atoms with Crippen LogP contribution >= 0.6 is 15.9 Å². The molecule has 0 radical (unpaired) electrons. The number of benzene rings is 1. The zero-order chi connectivity index (χ0) is 11.4. The molecule has 0 aliphatic rings. The molecule has 1 heterocycles. The molecule has 0 amide bonds. The summed E-state index contributed by atoms with van der Waals surface area (Å²) in [5, 5.41) is 3.41. The van der Waals surface area contributed by atoms with Crippen LogP contribution < -0.4 is 5.32 Å². The molecule has 0 bridgehead atoms. The van der Waals surface area contributed by atoms with Gasteiger partial charge >= 0.3 is 0 Å². The molecule has 1 unspecified atom stereocenters. The molecule has 1 aromatic carbocycles. The van der Waals surface area contributed by atoms with Crippen LogP contribution in [0.25, 0.3) is 0 Å². The molecule has 1 N–H and O–H groups in total. The summed E-state index contributed by atoms with van der Waals surface area (Å²) in [7, 11) is 0. The van der Waals surface area contributed by atoms with Crippen molar-refractivity contribution in [1.82, 2.24) is 5.32 Å². The molecule has 1 atom stereocenters. The van der Waals surface area contributed by atoms with E-state index in [1.54, 1.807) is 6.26 Å². The Morgan fingerprint density at radius 3 is 2.81 bits per heavy atom. The van der Waals surface area contributed by atoms with Gasteiger partial charge in [0.1, 0.15) is 5.76 Å². The molecule has 1 aromatic heterocycles. The van der Waals surface area contributed by atoms with Gasteiger partial charge < -0.3 is 9.73 Å². The lowest BCUT2D eigenvalue weighted by molar-refractivity contribution is 0.452. The SMILES string of the molecule is CCNC(c1cccc(Br)c1)c1ccco1. The van der Waals surface area contributed by atoms with E-state index in [2.05, 4.69) is 40.3 Å². The first-order valence-corrected chi connectivity index (χ1v) is 6.13. The second-order valence-electron chi connectivity index (χ2n) is 3.56. The Hall–Kier alpha value is -1.06. The van der Waals surface area contributed by atoms with Crippen molar-refractivity contribution in [1.29, 1.82) is 0 Å². The highest BCUT2D eigenvalue weighted by Gasteiger charge is 2.15. The average molecular weight is 280 g/mol. The third kappa shape index (κ3) is 2.54. The molecule has 3 heteroatoms. The summed E-state index contributed by atoms with van der Waals surface area (Å²) < 4.78 is 6.55. The van der Waals surface area contributed by atoms with E-state index in [0.717, 1.165) is 16.8 Å². The molecule has 0 spiro atoms. The third-order valence-electron chi connectivity index (χ3n) is 2.42. The van der Waals surface area contributed by atoms with Crippen molar-refractivity contribution in [3.63, 3.8) is 0 Å². The van der Waals surface area contributed by atoms with Crippen LogP contribution in [-0.2, 0) is 0 Å². The predicted octanol–water partition coefficient (Wildman–Crippen LogP) is 3.74. The van der Waals surface area contributed by atoms with Crippen molar-refractivity contribution < 1.29 is 4.42 Å². The minimum atomic E-state index is 0.123. The molecular formula is C13H14BrNO. The van der Waals surface area contributed by atoms with Crippen LogP contribution in [0.4, 0.5) is 0 Å². The van der Waals surface area contributed by atoms with Crippen LogP contribution in [0, 0.1) is 0 Å². The monoisotopic (exact) mass is 279 g/mol. The lowest BCUT2D eigenvalue weighted by atomic mass is 10.0. The van der Waals surface area contributed by atoms with E-state index < -0.39 is 0 Å². The van der Waals surface area contributed by atoms with E-state index in [4.69, 9.17) is 4.42 Å². The molecule has 0 fully saturated rings. The summed E-state index contributed by atoms with van der Waals surface area (Å²) >= 11 is 3.49. The standard InChI is InChI=1S/C13H14BrNO/c1-2-15-13(12-7-4-8-16-12)10-5-3-6-11(14)9-10/h3-9,13,15H,2H2,1H3. The van der Waals surface area contributed by atoms with Crippen molar-refractivity contribution in [2.45, 2.75) is 13.0 Å². The Bertz CT molecular complexity index is 439. The molecule has 2 rings (SSSR count). The highest BCUT2D eigenvalue weighted by atomic mass is 79.9. The summed E-state index contributed by atoms with van der Waals surface area (Å²) in [6.07, 6.45) is 1.71. The maximum absolute atomic E-state index is 5.46. The van der Waals surface area contributed by atoms with Gasteiger partial charge in [-0.15, -0.1) is 0 Å². The van der Waals surface area contributed by atoms with Crippen molar-refractivity contribution >= 4 is 15.9 Å². The van der Waals surface area contributed by atoms with Crippen LogP contribution in [0.15, 0.2) is 51.6 Å². The molecule has 2 aromatic rings. The fourth-order valence-electron chi connectivity index (χ4n) is 1.73. The Labute approximate surface area is 104 Å². The zero-order valence-electron chi connectivity index (χ0n) is 9.11. The van der Waals surface area contributed by atoms with E-state index in [1.165, 1.54) is 5.56 Å². The summed E-state index contributed by atoms with van der Waals surface area (Å²) in [5.41, 5.74) is 1.20. The molecule has 16 heavy (non-hydrogen) atoms. The lowest BCUT2D eigenvalue weighted by Gasteiger charge is -2.16. The van der Waals surface area contributed by atoms with Gasteiger partial charge in [-0.2, -0.15) is 0 Å². The molecule has 84 valence electrons. The number of hydrogen-bond donors (Lipinski definition) is 1. The van der Waals surface area contributed by atoms with Crippen molar-refractivity contribution in [2.24, 2.45) is 0 Å². The Morgan fingerprint density at radius 1 is 1.31 bits per heavy atom. The van der Waals surface area contributed by atoms with Crippen LogP contribution in [0.3, 0.4) is 0 Å². The van der Waals surface area contributed by atoms with Crippen molar-refractivity contribution in [3.05, 3.63) is 58.5 Å². The Balaban J connectivity index is 2.33. The van der Waals surface area contributed by atoms with Crippen LogP contribution in [0.1, 0.15) is 24.3 Å². The maximum Gasteiger partial charge on any atom is 0.125 e. The van der Waals surface area contributed by atoms with Gasteiger partial charge in [0.15, 0.2) is 0 Å². The fraction of sp³-hybridized carbons (Fsp3) is 0.231. The predicted molar refractivity (Wildman–Crippen MR) is 68.4 cm³/mol. The van der Waals surface area contributed by atoms with Gasteiger partial charge in [0.2, 0.25) is 0 Å². The number of halogens is 1. The lowest BCUT2D eigenvalue weighted by Crippen LogP contribution is -2.21. The first-order chi connectivity index (χ1) is 7.81. The largest absolute Gasteiger partial charge is 0.467 e. The average Bonchev–Trinajstić information content (AvgIpc) is 2.79. The van der Waals surface area contributed by atoms with Crippen LogP contribution in [0.5, 0.6) is 0 Å². The quantitative estimate of drug-likeness (QED) is 0.922. The van der Waals surface area contributed by atoms with Gasteiger partial charge in [-0.25, -0.2) is 0 Å². The molecule has 2 nitrogen and oxygen atoms in total. The van der Waals surface area contributed by atoms with E-state index in [1.807, 2.05) is 24.3 Å². The highest BCUT2D eigenvalue weighted by molar-refractivity contribution is 9.10. The summed E-state index contributed by atoms with van der Waals surface area (Å²) in [6, 6.07) is 12.3. The number of nitrogens with one attached hydrogen (secondary N) is 1.